The lowest BCUT2D eigenvalue weighted by atomic mass is 9.85. The highest BCUT2D eigenvalue weighted by atomic mass is 32.2. The summed E-state index contributed by atoms with van der Waals surface area (Å²) in [6, 6.07) is 8.23. The van der Waals surface area contributed by atoms with Crippen molar-refractivity contribution in [3.8, 4) is 0 Å². The van der Waals surface area contributed by atoms with E-state index in [0.717, 1.165) is 27.0 Å². The predicted octanol–water partition coefficient (Wildman–Crippen LogP) is 2.63. The zero-order chi connectivity index (χ0) is 15.7. The Balaban J connectivity index is 1.93. The molecule has 1 amide bonds. The molecule has 1 aromatic carbocycles. The molecule has 0 spiro atoms. The Morgan fingerprint density at radius 1 is 1.45 bits per heavy atom. The van der Waals surface area contributed by atoms with Gasteiger partial charge in [0.05, 0.1) is 12.5 Å². The highest BCUT2D eigenvalue weighted by Crippen LogP contribution is 2.39. The molecule has 1 aromatic heterocycles. The van der Waals surface area contributed by atoms with Crippen LogP contribution in [0.25, 0.3) is 0 Å². The largest absolute Gasteiger partial charge is 0.369 e. The minimum atomic E-state index is -0.250. The fourth-order valence-corrected chi connectivity index (χ4v) is 4.23. The number of aromatic nitrogens is 2. The summed E-state index contributed by atoms with van der Waals surface area (Å²) >= 11 is 3.23. The summed E-state index contributed by atoms with van der Waals surface area (Å²) in [5.74, 6) is -0.460. The number of anilines is 1. The molecule has 2 aromatic rings. The first-order valence-corrected chi connectivity index (χ1v) is 9.15. The van der Waals surface area contributed by atoms with Gasteiger partial charge in [0.2, 0.25) is 5.91 Å². The standard InChI is InChI=1S/C15H18N4OS2/c1-9-7-11(14(16)20)10-5-3-4-6-12(10)19(9)8-13-17-18-15(21-2)22-13/h3-6,9,11H,7-8H2,1-2H3,(H2,16,20). The van der Waals surface area contributed by atoms with Gasteiger partial charge in [-0.3, -0.25) is 4.79 Å². The minimum absolute atomic E-state index is 0.210. The fraction of sp³-hybridized carbons (Fsp3) is 0.400. The number of primary amides is 1. The van der Waals surface area contributed by atoms with Crippen LogP contribution in [-0.4, -0.2) is 28.4 Å². The molecule has 1 aliphatic heterocycles. The molecule has 22 heavy (non-hydrogen) atoms. The second-order valence-electron chi connectivity index (χ2n) is 5.39. The van der Waals surface area contributed by atoms with Crippen LogP contribution >= 0.6 is 23.1 Å². The van der Waals surface area contributed by atoms with Crippen molar-refractivity contribution in [2.45, 2.75) is 36.2 Å². The average Bonchev–Trinajstić information content (AvgIpc) is 2.97. The third-order valence-corrected chi connectivity index (χ3v) is 5.89. The van der Waals surface area contributed by atoms with Gasteiger partial charge in [0.15, 0.2) is 4.34 Å². The van der Waals surface area contributed by atoms with E-state index >= 15 is 0 Å². The lowest BCUT2D eigenvalue weighted by molar-refractivity contribution is -0.119. The first-order chi connectivity index (χ1) is 10.6. The zero-order valence-corrected chi connectivity index (χ0v) is 14.2. The van der Waals surface area contributed by atoms with Crippen LogP contribution in [0.2, 0.25) is 0 Å². The Bertz CT molecular complexity index is 688. The first kappa shape index (κ1) is 15.3. The molecule has 0 bridgehead atoms. The van der Waals surface area contributed by atoms with Crippen molar-refractivity contribution >= 4 is 34.7 Å². The van der Waals surface area contributed by atoms with Crippen LogP contribution in [0.15, 0.2) is 28.6 Å². The molecule has 0 saturated carbocycles. The Morgan fingerprint density at radius 2 is 2.23 bits per heavy atom. The van der Waals surface area contributed by atoms with E-state index in [0.29, 0.717) is 6.54 Å². The number of hydrogen-bond acceptors (Lipinski definition) is 6. The summed E-state index contributed by atoms with van der Waals surface area (Å²) in [7, 11) is 0. The molecule has 2 atom stereocenters. The molecule has 2 heterocycles. The van der Waals surface area contributed by atoms with E-state index in [-0.39, 0.29) is 17.9 Å². The molecule has 2 N–H and O–H groups in total. The van der Waals surface area contributed by atoms with Crippen molar-refractivity contribution in [2.24, 2.45) is 5.73 Å². The number of amides is 1. The topological polar surface area (TPSA) is 72.1 Å². The second kappa shape index (κ2) is 6.26. The van der Waals surface area contributed by atoms with Crippen LogP contribution in [-0.2, 0) is 11.3 Å². The highest BCUT2D eigenvalue weighted by molar-refractivity contribution is 8.00. The van der Waals surface area contributed by atoms with Gasteiger partial charge in [-0.05, 0) is 31.2 Å². The van der Waals surface area contributed by atoms with Crippen molar-refractivity contribution in [3.63, 3.8) is 0 Å². The maximum absolute atomic E-state index is 11.8. The van der Waals surface area contributed by atoms with Crippen LogP contribution in [0.4, 0.5) is 5.69 Å². The van der Waals surface area contributed by atoms with Gasteiger partial charge < -0.3 is 10.6 Å². The Morgan fingerprint density at radius 3 is 2.91 bits per heavy atom. The second-order valence-corrected chi connectivity index (χ2v) is 7.51. The van der Waals surface area contributed by atoms with Gasteiger partial charge in [-0.1, -0.05) is 41.3 Å². The molecule has 7 heteroatoms. The molecule has 1 aliphatic rings. The van der Waals surface area contributed by atoms with Crippen LogP contribution in [0.1, 0.15) is 29.8 Å². The van der Waals surface area contributed by atoms with E-state index in [4.69, 9.17) is 5.73 Å². The Hall–Kier alpha value is -1.60. The first-order valence-electron chi connectivity index (χ1n) is 7.11. The summed E-state index contributed by atoms with van der Waals surface area (Å²) < 4.78 is 0.975. The molecule has 5 nitrogen and oxygen atoms in total. The number of nitrogens with two attached hydrogens (primary N) is 1. The summed E-state index contributed by atoms with van der Waals surface area (Å²) in [5.41, 5.74) is 7.67. The third-order valence-electron chi connectivity index (χ3n) is 4.00. The van der Waals surface area contributed by atoms with Crippen molar-refractivity contribution in [1.29, 1.82) is 0 Å². The molecule has 0 saturated heterocycles. The number of para-hydroxylation sites is 1. The zero-order valence-electron chi connectivity index (χ0n) is 12.5. The lowest BCUT2D eigenvalue weighted by Gasteiger charge is -2.39. The van der Waals surface area contributed by atoms with Crippen LogP contribution < -0.4 is 10.6 Å². The van der Waals surface area contributed by atoms with Crippen molar-refractivity contribution in [1.82, 2.24) is 10.2 Å². The van der Waals surface area contributed by atoms with Gasteiger partial charge in [-0.2, -0.15) is 0 Å². The number of benzene rings is 1. The molecule has 0 aliphatic carbocycles. The Labute approximate surface area is 137 Å². The summed E-state index contributed by atoms with van der Waals surface area (Å²) in [4.78, 5) is 14.0. The van der Waals surface area contributed by atoms with E-state index in [1.165, 1.54) is 0 Å². The molecular weight excluding hydrogens is 316 g/mol. The van der Waals surface area contributed by atoms with E-state index in [1.54, 1.807) is 23.1 Å². The van der Waals surface area contributed by atoms with Gasteiger partial charge in [-0.25, -0.2) is 0 Å². The third kappa shape index (κ3) is 2.83. The fourth-order valence-electron chi connectivity index (χ4n) is 2.92. The average molecular weight is 334 g/mol. The smallest absolute Gasteiger partial charge is 0.225 e. The molecule has 2 unspecified atom stereocenters. The van der Waals surface area contributed by atoms with Gasteiger partial charge in [0.1, 0.15) is 5.01 Å². The number of rotatable bonds is 4. The number of carbonyl (C=O) groups excluding carboxylic acids is 1. The molecule has 0 fully saturated rings. The quantitative estimate of drug-likeness (QED) is 0.870. The van der Waals surface area contributed by atoms with Gasteiger partial charge in [0.25, 0.3) is 0 Å². The maximum atomic E-state index is 11.8. The Kier molecular flexibility index (Phi) is 4.35. The van der Waals surface area contributed by atoms with Crippen molar-refractivity contribution < 1.29 is 4.79 Å². The number of nitrogens with zero attached hydrogens (tertiary/aromatic N) is 3. The summed E-state index contributed by atoms with van der Waals surface area (Å²) in [5, 5.41) is 9.40. The van der Waals surface area contributed by atoms with Gasteiger partial charge >= 0.3 is 0 Å². The SMILES string of the molecule is CSc1nnc(CN2c3ccccc3C(C(N)=O)CC2C)s1. The lowest BCUT2D eigenvalue weighted by Crippen LogP contribution is -2.41. The van der Waals surface area contributed by atoms with Gasteiger partial charge in [-0.15, -0.1) is 10.2 Å². The van der Waals surface area contributed by atoms with Crippen LogP contribution in [0, 0.1) is 0 Å². The number of hydrogen-bond donors (Lipinski definition) is 1. The number of fused-ring (bicyclic) bond motifs is 1. The summed E-state index contributed by atoms with van der Waals surface area (Å²) in [6.45, 7) is 2.84. The van der Waals surface area contributed by atoms with E-state index in [2.05, 4.69) is 28.1 Å². The number of carbonyl (C=O) groups is 1. The van der Waals surface area contributed by atoms with Crippen molar-refractivity contribution in [3.05, 3.63) is 34.8 Å². The normalized spacial score (nSPS) is 20.7. The van der Waals surface area contributed by atoms with E-state index < -0.39 is 0 Å². The predicted molar refractivity (Wildman–Crippen MR) is 90.3 cm³/mol. The molecule has 116 valence electrons. The van der Waals surface area contributed by atoms with Gasteiger partial charge in [0, 0.05) is 11.7 Å². The van der Waals surface area contributed by atoms with E-state index in [1.807, 2.05) is 24.5 Å². The monoisotopic (exact) mass is 334 g/mol. The van der Waals surface area contributed by atoms with Crippen LogP contribution in [0.3, 0.4) is 0 Å². The molecule has 0 radical (unpaired) electrons. The van der Waals surface area contributed by atoms with Crippen molar-refractivity contribution in [2.75, 3.05) is 11.2 Å². The highest BCUT2D eigenvalue weighted by Gasteiger charge is 2.33. The van der Waals surface area contributed by atoms with E-state index in [9.17, 15) is 4.79 Å². The number of thioether (sulfide) groups is 1. The minimum Gasteiger partial charge on any atom is -0.369 e. The molecular formula is C15H18N4OS2. The molecule has 3 rings (SSSR count). The maximum Gasteiger partial charge on any atom is 0.225 e. The van der Waals surface area contributed by atoms with Crippen LogP contribution in [0.5, 0.6) is 0 Å². The summed E-state index contributed by atoms with van der Waals surface area (Å²) in [6.07, 6.45) is 2.74.